The third-order valence-electron chi connectivity index (χ3n) is 3.49. The molecule has 0 aromatic carbocycles. The van der Waals surface area contributed by atoms with Crippen LogP contribution < -0.4 is 10.1 Å². The minimum absolute atomic E-state index is 0.310. The van der Waals surface area contributed by atoms with E-state index < -0.39 is 6.17 Å². The lowest BCUT2D eigenvalue weighted by atomic mass is 10.2. The van der Waals surface area contributed by atoms with E-state index in [9.17, 15) is 9.18 Å². The highest BCUT2D eigenvalue weighted by Crippen LogP contribution is 2.23. The van der Waals surface area contributed by atoms with E-state index in [4.69, 9.17) is 4.74 Å². The van der Waals surface area contributed by atoms with Gasteiger partial charge in [-0.1, -0.05) is 0 Å². The van der Waals surface area contributed by atoms with Crippen LogP contribution in [0.4, 0.5) is 4.39 Å². The predicted molar refractivity (Wildman–Crippen MR) is 62.3 cm³/mol. The van der Waals surface area contributed by atoms with Gasteiger partial charge in [-0.3, -0.25) is 4.79 Å². The van der Waals surface area contributed by atoms with Gasteiger partial charge in [-0.05, 0) is 19.3 Å². The number of carbonyl (C=O) groups is 1. The van der Waals surface area contributed by atoms with E-state index >= 15 is 0 Å². The van der Waals surface area contributed by atoms with E-state index in [2.05, 4.69) is 10.4 Å². The first-order chi connectivity index (χ1) is 8.74. The summed E-state index contributed by atoms with van der Waals surface area (Å²) in [5.41, 5.74) is 0.311. The third-order valence-corrected chi connectivity index (χ3v) is 3.49. The average molecular weight is 253 g/mol. The molecule has 1 aromatic rings. The Bertz CT molecular complexity index is 437. The van der Waals surface area contributed by atoms with Crippen LogP contribution in [0.3, 0.4) is 0 Å². The first-order valence-corrected chi connectivity index (χ1v) is 6.39. The van der Waals surface area contributed by atoms with Crippen LogP contribution in [0.2, 0.25) is 0 Å². The van der Waals surface area contributed by atoms with Gasteiger partial charge < -0.3 is 10.1 Å². The molecule has 0 spiro atoms. The zero-order valence-electron chi connectivity index (χ0n) is 10.1. The number of aryl methyl sites for hydroxylation is 1. The molecule has 98 valence electrons. The van der Waals surface area contributed by atoms with Gasteiger partial charge in [0.1, 0.15) is 6.17 Å². The molecule has 2 aliphatic rings. The van der Waals surface area contributed by atoms with Crippen molar-refractivity contribution >= 4 is 5.91 Å². The maximum atomic E-state index is 13.4. The molecule has 6 heteroatoms. The summed E-state index contributed by atoms with van der Waals surface area (Å²) < 4.78 is 20.5. The quantitative estimate of drug-likeness (QED) is 0.864. The zero-order chi connectivity index (χ0) is 12.5. The van der Waals surface area contributed by atoms with Crippen LogP contribution >= 0.6 is 0 Å². The Hall–Kier alpha value is -1.59. The number of amides is 1. The molecule has 2 heterocycles. The molecule has 1 saturated carbocycles. The lowest BCUT2D eigenvalue weighted by molar-refractivity contribution is 0.0913. The molecular formula is C12H16FN3O2. The lowest BCUT2D eigenvalue weighted by Crippen LogP contribution is -2.38. The zero-order valence-corrected chi connectivity index (χ0v) is 10.1. The summed E-state index contributed by atoms with van der Waals surface area (Å²) in [5, 5.41) is 6.88. The number of nitrogens with zero attached hydrogens (tertiary/aromatic N) is 2. The number of carbonyl (C=O) groups excluding carboxylic acids is 1. The van der Waals surface area contributed by atoms with Gasteiger partial charge in [-0.15, -0.1) is 0 Å². The van der Waals surface area contributed by atoms with Crippen LogP contribution in [0.5, 0.6) is 5.88 Å². The second-order valence-electron chi connectivity index (χ2n) is 4.82. The van der Waals surface area contributed by atoms with Crippen molar-refractivity contribution in [3.05, 3.63) is 11.8 Å². The average Bonchev–Trinajstić information content (AvgIpc) is 2.96. The van der Waals surface area contributed by atoms with E-state index in [1.807, 2.05) is 0 Å². The number of halogens is 1. The minimum Gasteiger partial charge on any atom is -0.478 e. The van der Waals surface area contributed by atoms with Gasteiger partial charge in [0, 0.05) is 19.0 Å². The third kappa shape index (κ3) is 2.07. The fraction of sp³-hybridized carbons (Fsp3) is 0.667. The highest BCUT2D eigenvalue weighted by Gasteiger charge is 2.29. The number of hydrogen-bond acceptors (Lipinski definition) is 3. The summed E-state index contributed by atoms with van der Waals surface area (Å²) in [6, 6.07) is 1.26. The molecule has 1 aliphatic heterocycles. The second-order valence-corrected chi connectivity index (χ2v) is 4.82. The van der Waals surface area contributed by atoms with Crippen LogP contribution in [0.25, 0.3) is 0 Å². The summed E-state index contributed by atoms with van der Waals surface area (Å²) in [4.78, 5) is 12.0. The van der Waals surface area contributed by atoms with Gasteiger partial charge in [0.25, 0.3) is 5.91 Å². The topological polar surface area (TPSA) is 56.2 Å². The van der Waals surface area contributed by atoms with Crippen molar-refractivity contribution in [1.29, 1.82) is 0 Å². The number of ether oxygens (including phenoxy) is 1. The van der Waals surface area contributed by atoms with Crippen molar-refractivity contribution in [2.75, 3.05) is 6.61 Å². The SMILES string of the molecule is O=C(NC1CCCC1F)c1cc2n(n1)CCCO2. The standard InChI is InChI=1S/C12H16FN3O2/c13-8-3-1-4-9(8)14-12(17)10-7-11-16(15-10)5-2-6-18-11/h7-9H,1-6H2,(H,14,17). The smallest absolute Gasteiger partial charge is 0.272 e. The molecule has 3 rings (SSSR count). The van der Waals surface area contributed by atoms with E-state index in [0.717, 1.165) is 19.4 Å². The molecule has 1 fully saturated rings. The predicted octanol–water partition coefficient (Wildman–Crippen LogP) is 1.29. The van der Waals surface area contributed by atoms with E-state index in [1.165, 1.54) is 0 Å². The molecule has 2 unspecified atom stereocenters. The van der Waals surface area contributed by atoms with Gasteiger partial charge in [-0.2, -0.15) is 5.10 Å². The fourth-order valence-corrected chi connectivity index (χ4v) is 2.50. The summed E-state index contributed by atoms with van der Waals surface area (Å²) in [7, 11) is 0. The number of rotatable bonds is 2. The maximum Gasteiger partial charge on any atom is 0.272 e. The number of nitrogens with one attached hydrogen (secondary N) is 1. The summed E-state index contributed by atoms with van der Waals surface area (Å²) in [6.45, 7) is 1.42. The Morgan fingerprint density at radius 1 is 1.50 bits per heavy atom. The Morgan fingerprint density at radius 2 is 2.39 bits per heavy atom. The molecule has 0 radical (unpaired) electrons. The molecule has 0 bridgehead atoms. The molecule has 5 nitrogen and oxygen atoms in total. The number of alkyl halides is 1. The Labute approximate surface area is 104 Å². The molecule has 1 aromatic heterocycles. The van der Waals surface area contributed by atoms with Crippen molar-refractivity contribution in [1.82, 2.24) is 15.1 Å². The number of hydrogen-bond donors (Lipinski definition) is 1. The summed E-state index contributed by atoms with van der Waals surface area (Å²) in [6.07, 6.45) is 2.03. The highest BCUT2D eigenvalue weighted by atomic mass is 19.1. The summed E-state index contributed by atoms with van der Waals surface area (Å²) in [5.74, 6) is 0.310. The molecule has 18 heavy (non-hydrogen) atoms. The van der Waals surface area contributed by atoms with Crippen LogP contribution in [-0.4, -0.2) is 34.5 Å². The van der Waals surface area contributed by atoms with Gasteiger partial charge in [0.15, 0.2) is 5.69 Å². The Morgan fingerprint density at radius 3 is 3.11 bits per heavy atom. The van der Waals surface area contributed by atoms with Gasteiger partial charge in [0.05, 0.1) is 12.6 Å². The lowest BCUT2D eigenvalue weighted by Gasteiger charge is -2.13. The highest BCUT2D eigenvalue weighted by molar-refractivity contribution is 5.92. The van der Waals surface area contributed by atoms with Crippen molar-refractivity contribution in [3.8, 4) is 5.88 Å². The van der Waals surface area contributed by atoms with Crippen molar-refractivity contribution < 1.29 is 13.9 Å². The maximum absolute atomic E-state index is 13.4. The van der Waals surface area contributed by atoms with Gasteiger partial charge >= 0.3 is 0 Å². The Balaban J connectivity index is 1.70. The normalized spacial score (nSPS) is 26.5. The number of fused-ring (bicyclic) bond motifs is 1. The van der Waals surface area contributed by atoms with Crippen LogP contribution in [-0.2, 0) is 6.54 Å². The monoisotopic (exact) mass is 253 g/mol. The summed E-state index contributed by atoms with van der Waals surface area (Å²) >= 11 is 0. The Kier molecular flexibility index (Phi) is 2.93. The van der Waals surface area contributed by atoms with Crippen LogP contribution in [0, 0.1) is 0 Å². The molecule has 1 N–H and O–H groups in total. The van der Waals surface area contributed by atoms with Crippen molar-refractivity contribution in [2.45, 2.75) is 44.4 Å². The van der Waals surface area contributed by atoms with Crippen LogP contribution in [0.1, 0.15) is 36.2 Å². The van der Waals surface area contributed by atoms with Crippen LogP contribution in [0.15, 0.2) is 6.07 Å². The van der Waals surface area contributed by atoms with Crippen molar-refractivity contribution in [3.63, 3.8) is 0 Å². The van der Waals surface area contributed by atoms with Gasteiger partial charge in [0.2, 0.25) is 5.88 Å². The van der Waals surface area contributed by atoms with E-state index in [1.54, 1.807) is 10.7 Å². The second kappa shape index (κ2) is 4.59. The largest absolute Gasteiger partial charge is 0.478 e. The molecule has 2 atom stereocenters. The van der Waals surface area contributed by atoms with Crippen molar-refractivity contribution in [2.24, 2.45) is 0 Å². The molecular weight excluding hydrogens is 237 g/mol. The first-order valence-electron chi connectivity index (χ1n) is 6.39. The first kappa shape index (κ1) is 11.5. The van der Waals surface area contributed by atoms with Gasteiger partial charge in [-0.25, -0.2) is 9.07 Å². The molecule has 1 aliphatic carbocycles. The van der Waals surface area contributed by atoms with E-state index in [-0.39, 0.29) is 11.9 Å². The minimum atomic E-state index is -0.928. The van der Waals surface area contributed by atoms with E-state index in [0.29, 0.717) is 31.0 Å². The fourth-order valence-electron chi connectivity index (χ4n) is 2.50. The molecule has 1 amide bonds. The number of aromatic nitrogens is 2. The molecule has 0 saturated heterocycles.